The van der Waals surface area contributed by atoms with E-state index in [1.54, 1.807) is 6.92 Å². The molecule has 0 fully saturated rings. The summed E-state index contributed by atoms with van der Waals surface area (Å²) in [4.78, 5) is 0. The zero-order chi connectivity index (χ0) is 4.83. The molecule has 0 nitrogen and oxygen atoms in total. The fourth-order valence-corrected chi connectivity index (χ4v) is 0.151. The standard InChI is InChI=1S/C6H7/c1-3-5-6-4-2/h1,5H2,2H3. The molecule has 0 aliphatic heterocycles. The summed E-state index contributed by atoms with van der Waals surface area (Å²) in [5, 5.41) is 0. The number of rotatable bonds is 1. The summed E-state index contributed by atoms with van der Waals surface area (Å²) in [6.07, 6.45) is 3.34. The maximum atomic E-state index is 3.37. The Morgan fingerprint density at radius 2 is 2.33 bits per heavy atom. The minimum atomic E-state index is 0.691. The van der Waals surface area contributed by atoms with E-state index >= 15 is 0 Å². The molecule has 0 heteroatoms. The van der Waals surface area contributed by atoms with Gasteiger partial charge in [-0.1, -0.05) is 12.5 Å². The van der Waals surface area contributed by atoms with E-state index in [1.807, 2.05) is 0 Å². The van der Waals surface area contributed by atoms with Crippen LogP contribution in [0.4, 0.5) is 0 Å². The highest BCUT2D eigenvalue weighted by Crippen LogP contribution is 1.68. The highest BCUT2D eigenvalue weighted by molar-refractivity contribution is 4.97. The van der Waals surface area contributed by atoms with Gasteiger partial charge in [0.05, 0.1) is 0 Å². The van der Waals surface area contributed by atoms with Crippen molar-refractivity contribution in [1.29, 1.82) is 0 Å². The van der Waals surface area contributed by atoms with Crippen LogP contribution >= 0.6 is 0 Å². The second-order valence-corrected chi connectivity index (χ2v) is 0.854. The second kappa shape index (κ2) is 4.30. The van der Waals surface area contributed by atoms with Gasteiger partial charge in [0.15, 0.2) is 0 Å². The molecule has 0 rings (SSSR count). The van der Waals surface area contributed by atoms with Gasteiger partial charge in [-0.3, -0.25) is 0 Å². The van der Waals surface area contributed by atoms with Gasteiger partial charge in [0, 0.05) is 6.42 Å². The lowest BCUT2D eigenvalue weighted by molar-refractivity contribution is 1.43. The first-order chi connectivity index (χ1) is 2.91. The first kappa shape index (κ1) is 5.30. The summed E-state index contributed by atoms with van der Waals surface area (Å²) in [6, 6.07) is 0. The third-order valence-corrected chi connectivity index (χ3v) is 0.390. The first-order valence-electron chi connectivity index (χ1n) is 1.81. The minimum absolute atomic E-state index is 0.691. The van der Waals surface area contributed by atoms with Crippen LogP contribution in [0.5, 0.6) is 0 Å². The monoisotopic (exact) mass is 79.1 g/mol. The lowest BCUT2D eigenvalue weighted by Gasteiger charge is -1.62. The van der Waals surface area contributed by atoms with Crippen LogP contribution < -0.4 is 0 Å². The van der Waals surface area contributed by atoms with Gasteiger partial charge in [0.25, 0.3) is 0 Å². The van der Waals surface area contributed by atoms with E-state index in [1.165, 1.54) is 0 Å². The Hall–Kier alpha value is -0.700. The predicted octanol–water partition coefficient (Wildman–Crippen LogP) is 1.39. The summed E-state index contributed by atoms with van der Waals surface area (Å²) in [5.74, 6) is 5.49. The quantitative estimate of drug-likeness (QED) is 0.416. The first-order valence-corrected chi connectivity index (χ1v) is 1.81. The summed E-state index contributed by atoms with van der Waals surface area (Å²) in [7, 11) is 0. The molecule has 0 aliphatic rings. The lowest BCUT2D eigenvalue weighted by Crippen LogP contribution is -1.51. The van der Waals surface area contributed by atoms with Crippen molar-refractivity contribution in [1.82, 2.24) is 0 Å². The van der Waals surface area contributed by atoms with Crippen molar-refractivity contribution in [3.05, 3.63) is 12.7 Å². The van der Waals surface area contributed by atoms with E-state index in [0.29, 0.717) is 6.42 Å². The Morgan fingerprint density at radius 3 is 2.50 bits per heavy atom. The Kier molecular flexibility index (Phi) is 3.80. The third kappa shape index (κ3) is 3.30. The zero-order valence-electron chi connectivity index (χ0n) is 3.91. The van der Waals surface area contributed by atoms with Crippen LogP contribution in [-0.4, -0.2) is 0 Å². The van der Waals surface area contributed by atoms with E-state index < -0.39 is 0 Å². The molecule has 0 aliphatic carbocycles. The molecule has 0 bridgehead atoms. The van der Waals surface area contributed by atoms with E-state index in [4.69, 9.17) is 0 Å². The fourth-order valence-electron chi connectivity index (χ4n) is 0.151. The van der Waals surface area contributed by atoms with Crippen LogP contribution in [0, 0.1) is 17.9 Å². The topological polar surface area (TPSA) is 0 Å². The normalized spacial score (nSPS) is 5.50. The van der Waals surface area contributed by atoms with E-state index in [0.717, 1.165) is 0 Å². The smallest absolute Gasteiger partial charge is 0.0337 e. The largest absolute Gasteiger partial charge is 0.106 e. The van der Waals surface area contributed by atoms with Gasteiger partial charge >= 0.3 is 0 Å². The molecular formula is C6H7. The van der Waals surface area contributed by atoms with Crippen molar-refractivity contribution in [2.24, 2.45) is 0 Å². The predicted molar refractivity (Wildman–Crippen MR) is 26.9 cm³/mol. The van der Waals surface area contributed by atoms with Gasteiger partial charge in [-0.15, -0.1) is 5.92 Å². The molecule has 0 unspecified atom stereocenters. The van der Waals surface area contributed by atoms with Crippen molar-refractivity contribution in [3.63, 3.8) is 0 Å². The van der Waals surface area contributed by atoms with Crippen LogP contribution in [0.15, 0.2) is 6.58 Å². The molecule has 0 saturated heterocycles. The minimum Gasteiger partial charge on any atom is -0.106 e. The van der Waals surface area contributed by atoms with Gasteiger partial charge in [-0.05, 0) is 13.0 Å². The van der Waals surface area contributed by atoms with Crippen LogP contribution in [0.3, 0.4) is 0 Å². The molecule has 0 aromatic carbocycles. The zero-order valence-corrected chi connectivity index (χ0v) is 3.91. The maximum Gasteiger partial charge on any atom is 0.0337 e. The van der Waals surface area contributed by atoms with E-state index in [2.05, 4.69) is 24.5 Å². The Morgan fingerprint density at radius 1 is 1.67 bits per heavy atom. The fraction of sp³-hybridized carbons (Fsp3) is 0.333. The lowest BCUT2D eigenvalue weighted by atomic mass is 10.4. The molecule has 0 atom stereocenters. The summed E-state index contributed by atoms with van der Waals surface area (Å²) in [5.41, 5.74) is 0. The van der Waals surface area contributed by atoms with Crippen molar-refractivity contribution >= 4 is 0 Å². The molecule has 0 aromatic heterocycles. The van der Waals surface area contributed by atoms with Gasteiger partial charge in [-0.2, -0.15) is 0 Å². The average Bonchev–Trinajstić information content (AvgIpc) is 1.61. The molecule has 0 heterocycles. The second-order valence-electron chi connectivity index (χ2n) is 0.854. The molecule has 0 N–H and O–H groups in total. The van der Waals surface area contributed by atoms with E-state index in [-0.39, 0.29) is 0 Å². The van der Waals surface area contributed by atoms with Crippen molar-refractivity contribution in [3.8, 4) is 11.8 Å². The molecule has 0 saturated carbocycles. The number of hydrogen-bond donors (Lipinski definition) is 0. The average molecular weight is 79.1 g/mol. The van der Waals surface area contributed by atoms with Crippen LogP contribution in [-0.2, 0) is 0 Å². The van der Waals surface area contributed by atoms with Crippen LogP contribution in [0.25, 0.3) is 0 Å². The maximum absolute atomic E-state index is 3.37. The molecule has 0 amide bonds. The number of allylic oxidation sites excluding steroid dienone is 1. The highest BCUT2D eigenvalue weighted by Gasteiger charge is 1.56. The molecule has 0 aromatic rings. The van der Waals surface area contributed by atoms with Gasteiger partial charge in [0.1, 0.15) is 0 Å². The van der Waals surface area contributed by atoms with E-state index in [9.17, 15) is 0 Å². The van der Waals surface area contributed by atoms with Crippen molar-refractivity contribution in [2.75, 3.05) is 0 Å². The third-order valence-electron chi connectivity index (χ3n) is 0.390. The van der Waals surface area contributed by atoms with Crippen molar-refractivity contribution < 1.29 is 0 Å². The molecule has 1 radical (unpaired) electrons. The SMILES string of the molecule is C=[C]CC#CC. The molecular weight excluding hydrogens is 72.1 g/mol. The highest BCUT2D eigenvalue weighted by atomic mass is 13.6. The molecule has 6 heavy (non-hydrogen) atoms. The van der Waals surface area contributed by atoms with Gasteiger partial charge in [-0.25, -0.2) is 0 Å². The Bertz CT molecular complexity index is 79.9. The van der Waals surface area contributed by atoms with Gasteiger partial charge < -0.3 is 0 Å². The Labute approximate surface area is 38.9 Å². The summed E-state index contributed by atoms with van der Waals surface area (Å²) < 4.78 is 0. The van der Waals surface area contributed by atoms with Crippen LogP contribution in [0.1, 0.15) is 13.3 Å². The molecule has 31 valence electrons. The molecule has 0 spiro atoms. The van der Waals surface area contributed by atoms with Gasteiger partial charge in [0.2, 0.25) is 0 Å². The Balaban J connectivity index is 3.00. The summed E-state index contributed by atoms with van der Waals surface area (Å²) in [6.45, 7) is 5.17. The number of hydrogen-bond acceptors (Lipinski definition) is 0. The van der Waals surface area contributed by atoms with Crippen molar-refractivity contribution in [2.45, 2.75) is 13.3 Å². The van der Waals surface area contributed by atoms with Crippen LogP contribution in [0.2, 0.25) is 0 Å². The summed E-state index contributed by atoms with van der Waals surface area (Å²) >= 11 is 0.